The van der Waals surface area contributed by atoms with Gasteiger partial charge in [-0.3, -0.25) is 9.69 Å². The van der Waals surface area contributed by atoms with Crippen LogP contribution in [0.4, 0.5) is 5.69 Å². The van der Waals surface area contributed by atoms with Gasteiger partial charge in [0, 0.05) is 10.6 Å². The summed E-state index contributed by atoms with van der Waals surface area (Å²) in [5.74, 6) is 0.574. The zero-order valence-corrected chi connectivity index (χ0v) is 20.7. The summed E-state index contributed by atoms with van der Waals surface area (Å²) in [5.41, 5.74) is 3.77. The maximum atomic E-state index is 13.4. The Hall–Kier alpha value is -3.12. The van der Waals surface area contributed by atoms with Gasteiger partial charge in [-0.05, 0) is 59.7 Å². The molecule has 1 amide bonds. The molecule has 4 aromatic rings. The van der Waals surface area contributed by atoms with Crippen molar-refractivity contribution in [3.8, 4) is 5.75 Å². The van der Waals surface area contributed by atoms with Crippen molar-refractivity contribution in [3.05, 3.63) is 112 Å². The molecular weight excluding hydrogens is 482 g/mol. The van der Waals surface area contributed by atoms with Crippen LogP contribution in [-0.4, -0.2) is 10.2 Å². The van der Waals surface area contributed by atoms with Crippen LogP contribution >= 0.6 is 35.6 Å². The molecule has 5 rings (SSSR count). The number of carbonyl (C=O) groups is 1. The average Bonchev–Trinajstić information content (AvgIpc) is 3.13. The molecule has 0 aliphatic carbocycles. The Kier molecular flexibility index (Phi) is 6.42. The second kappa shape index (κ2) is 9.63. The molecule has 1 aliphatic rings. The summed E-state index contributed by atoms with van der Waals surface area (Å²) in [6.07, 6.45) is 1.90. The van der Waals surface area contributed by atoms with Crippen molar-refractivity contribution < 1.29 is 9.53 Å². The van der Waals surface area contributed by atoms with E-state index in [1.807, 2.05) is 97.9 Å². The first-order chi connectivity index (χ1) is 16.5. The fraction of sp³-hybridized carbons (Fsp3) is 0.0714. The molecule has 1 saturated heterocycles. The highest BCUT2D eigenvalue weighted by Crippen LogP contribution is 2.39. The van der Waals surface area contributed by atoms with E-state index in [0.29, 0.717) is 26.6 Å². The largest absolute Gasteiger partial charge is 0.488 e. The van der Waals surface area contributed by atoms with Crippen LogP contribution < -0.4 is 9.64 Å². The van der Waals surface area contributed by atoms with Crippen LogP contribution in [0.3, 0.4) is 0 Å². The number of rotatable bonds is 5. The maximum absolute atomic E-state index is 13.4. The number of halogens is 1. The molecule has 0 saturated carbocycles. The molecule has 6 heteroatoms. The fourth-order valence-corrected chi connectivity index (χ4v) is 5.21. The normalized spacial score (nSPS) is 14.9. The van der Waals surface area contributed by atoms with Crippen LogP contribution in [0, 0.1) is 6.92 Å². The summed E-state index contributed by atoms with van der Waals surface area (Å²) in [5, 5.41) is 2.77. The molecule has 0 radical (unpaired) electrons. The predicted octanol–water partition coefficient (Wildman–Crippen LogP) is 7.79. The highest BCUT2D eigenvalue weighted by molar-refractivity contribution is 8.27. The van der Waals surface area contributed by atoms with E-state index in [-0.39, 0.29) is 5.91 Å². The molecule has 1 fully saturated rings. The Morgan fingerprint density at radius 2 is 1.71 bits per heavy atom. The lowest BCUT2D eigenvalue weighted by Gasteiger charge is -2.15. The number of benzene rings is 4. The molecular formula is C28H20ClNO2S2. The standard InChI is InChI=1S/C28H20ClNO2S2/c1-18-6-13-22(14-7-18)30-27(31)26(34-28(30)33)16-24-23-5-3-2-4-20(23)10-15-25(24)32-17-19-8-11-21(29)12-9-19/h2-16H,17H2,1H3/b26-16-. The number of fused-ring (bicyclic) bond motifs is 1. The Labute approximate surface area is 213 Å². The van der Waals surface area contributed by atoms with Crippen molar-refractivity contribution in [3.63, 3.8) is 0 Å². The number of aryl methyl sites for hydroxylation is 1. The van der Waals surface area contributed by atoms with Gasteiger partial charge in [0.25, 0.3) is 5.91 Å². The van der Waals surface area contributed by atoms with Crippen molar-refractivity contribution in [2.24, 2.45) is 0 Å². The highest BCUT2D eigenvalue weighted by Gasteiger charge is 2.33. The third kappa shape index (κ3) is 4.60. The number of thiocarbonyl (C=S) groups is 1. The smallest absolute Gasteiger partial charge is 0.270 e. The van der Waals surface area contributed by atoms with Gasteiger partial charge in [-0.1, -0.05) is 95.7 Å². The number of nitrogens with zero attached hydrogens (tertiary/aromatic N) is 1. The minimum Gasteiger partial charge on any atom is -0.488 e. The number of hydrogen-bond donors (Lipinski definition) is 0. The van der Waals surface area contributed by atoms with Gasteiger partial charge in [0.2, 0.25) is 0 Å². The van der Waals surface area contributed by atoms with E-state index >= 15 is 0 Å². The Bertz CT molecular complexity index is 1430. The minimum atomic E-state index is -0.129. The van der Waals surface area contributed by atoms with E-state index in [0.717, 1.165) is 33.2 Å². The van der Waals surface area contributed by atoms with Crippen LogP contribution in [0.2, 0.25) is 5.02 Å². The second-order valence-corrected chi connectivity index (χ2v) is 10.1. The second-order valence-electron chi connectivity index (χ2n) is 7.97. The summed E-state index contributed by atoms with van der Waals surface area (Å²) in [4.78, 5) is 15.5. The van der Waals surface area contributed by atoms with E-state index < -0.39 is 0 Å². The lowest BCUT2D eigenvalue weighted by Crippen LogP contribution is -2.27. The molecule has 4 aromatic carbocycles. The van der Waals surface area contributed by atoms with Gasteiger partial charge in [-0.15, -0.1) is 0 Å². The third-order valence-electron chi connectivity index (χ3n) is 5.60. The van der Waals surface area contributed by atoms with E-state index in [9.17, 15) is 4.79 Å². The number of hydrogen-bond acceptors (Lipinski definition) is 4. The zero-order chi connectivity index (χ0) is 23.7. The SMILES string of the molecule is Cc1ccc(N2C(=O)/C(=C/c3c(OCc4ccc(Cl)cc4)ccc4ccccc34)SC2=S)cc1. The van der Waals surface area contributed by atoms with Gasteiger partial charge in [0.05, 0.1) is 10.6 Å². The summed E-state index contributed by atoms with van der Waals surface area (Å²) in [6, 6.07) is 27.4. The van der Waals surface area contributed by atoms with Gasteiger partial charge in [-0.25, -0.2) is 0 Å². The first-order valence-electron chi connectivity index (χ1n) is 10.7. The third-order valence-corrected chi connectivity index (χ3v) is 7.15. The van der Waals surface area contributed by atoms with E-state index in [1.54, 1.807) is 4.90 Å². The quantitative estimate of drug-likeness (QED) is 0.206. The van der Waals surface area contributed by atoms with Crippen LogP contribution in [0.15, 0.2) is 89.8 Å². The molecule has 0 unspecified atom stereocenters. The topological polar surface area (TPSA) is 29.5 Å². The minimum absolute atomic E-state index is 0.129. The van der Waals surface area contributed by atoms with Crippen LogP contribution in [-0.2, 0) is 11.4 Å². The maximum Gasteiger partial charge on any atom is 0.270 e. The molecule has 1 aliphatic heterocycles. The molecule has 34 heavy (non-hydrogen) atoms. The van der Waals surface area contributed by atoms with E-state index in [1.165, 1.54) is 11.8 Å². The number of ether oxygens (including phenoxy) is 1. The fourth-order valence-electron chi connectivity index (χ4n) is 3.81. The van der Waals surface area contributed by atoms with Crippen LogP contribution in [0.5, 0.6) is 5.75 Å². The molecule has 1 heterocycles. The van der Waals surface area contributed by atoms with Crippen LogP contribution in [0.1, 0.15) is 16.7 Å². The molecule has 0 spiro atoms. The number of anilines is 1. The number of thioether (sulfide) groups is 1. The average molecular weight is 502 g/mol. The summed E-state index contributed by atoms with van der Waals surface area (Å²) in [7, 11) is 0. The lowest BCUT2D eigenvalue weighted by atomic mass is 10.0. The monoisotopic (exact) mass is 501 g/mol. The lowest BCUT2D eigenvalue weighted by molar-refractivity contribution is -0.113. The number of amides is 1. The number of carbonyl (C=O) groups excluding carboxylic acids is 1. The molecule has 3 nitrogen and oxygen atoms in total. The summed E-state index contributed by atoms with van der Waals surface area (Å²) in [6.45, 7) is 2.40. The highest BCUT2D eigenvalue weighted by atomic mass is 35.5. The summed E-state index contributed by atoms with van der Waals surface area (Å²) >= 11 is 12.9. The Morgan fingerprint density at radius 1 is 0.971 bits per heavy atom. The van der Waals surface area contributed by atoms with Gasteiger partial charge in [0.15, 0.2) is 4.32 Å². The van der Waals surface area contributed by atoms with Crippen molar-refractivity contribution in [1.82, 2.24) is 0 Å². The van der Waals surface area contributed by atoms with Gasteiger partial charge in [0.1, 0.15) is 12.4 Å². The predicted molar refractivity (Wildman–Crippen MR) is 147 cm³/mol. The molecule has 0 N–H and O–H groups in total. The van der Waals surface area contributed by atoms with E-state index in [2.05, 4.69) is 0 Å². The van der Waals surface area contributed by atoms with Gasteiger partial charge in [-0.2, -0.15) is 0 Å². The van der Waals surface area contributed by atoms with Crippen molar-refractivity contribution in [1.29, 1.82) is 0 Å². The van der Waals surface area contributed by atoms with Gasteiger partial charge >= 0.3 is 0 Å². The van der Waals surface area contributed by atoms with E-state index in [4.69, 9.17) is 28.6 Å². The van der Waals surface area contributed by atoms with Crippen molar-refractivity contribution >= 4 is 68.3 Å². The molecule has 168 valence electrons. The zero-order valence-electron chi connectivity index (χ0n) is 18.3. The Balaban J connectivity index is 1.52. The van der Waals surface area contributed by atoms with Gasteiger partial charge < -0.3 is 4.74 Å². The molecule has 0 bridgehead atoms. The molecule has 0 aromatic heterocycles. The first kappa shape index (κ1) is 22.7. The van der Waals surface area contributed by atoms with Crippen molar-refractivity contribution in [2.75, 3.05) is 4.90 Å². The molecule has 0 atom stereocenters. The van der Waals surface area contributed by atoms with Crippen LogP contribution in [0.25, 0.3) is 16.8 Å². The Morgan fingerprint density at radius 3 is 2.47 bits per heavy atom. The summed E-state index contributed by atoms with van der Waals surface area (Å²) < 4.78 is 6.73. The first-order valence-corrected chi connectivity index (χ1v) is 12.3. The van der Waals surface area contributed by atoms with Crippen molar-refractivity contribution in [2.45, 2.75) is 13.5 Å².